The predicted octanol–water partition coefficient (Wildman–Crippen LogP) is 5.09. The van der Waals surface area contributed by atoms with Gasteiger partial charge in [0, 0.05) is 54.9 Å². The van der Waals surface area contributed by atoms with E-state index in [1.807, 2.05) is 89.2 Å². The molecule has 0 bridgehead atoms. The van der Waals surface area contributed by atoms with E-state index >= 15 is 0 Å². The van der Waals surface area contributed by atoms with E-state index in [1.54, 1.807) is 36.5 Å². The van der Waals surface area contributed by atoms with Crippen molar-refractivity contribution in [3.05, 3.63) is 109 Å². The molecule has 0 unspecified atom stereocenters. The maximum Gasteiger partial charge on any atom is 0.253 e. The Balaban J connectivity index is 1.14. The Labute approximate surface area is 262 Å². The fourth-order valence-corrected chi connectivity index (χ4v) is 5.54. The third kappa shape index (κ3) is 6.76. The fourth-order valence-electron chi connectivity index (χ4n) is 5.54. The molecule has 45 heavy (non-hydrogen) atoms. The Morgan fingerprint density at radius 1 is 0.978 bits per heavy atom. The highest BCUT2D eigenvalue weighted by molar-refractivity contribution is 6.00. The molecule has 2 aromatic carbocycles. The number of aromatic nitrogens is 4. The Hall–Kier alpha value is -5.35. The van der Waals surface area contributed by atoms with E-state index in [0.29, 0.717) is 36.8 Å². The van der Waals surface area contributed by atoms with Crippen LogP contribution in [0.25, 0.3) is 28.0 Å². The van der Waals surface area contributed by atoms with Gasteiger partial charge in [-0.15, -0.1) is 0 Å². The van der Waals surface area contributed by atoms with Crippen LogP contribution in [0.15, 0.2) is 103 Å². The van der Waals surface area contributed by atoms with Gasteiger partial charge in [0.2, 0.25) is 11.9 Å². The molecule has 6 rings (SSSR count). The number of fused-ring (bicyclic) bond motifs is 1. The molecule has 4 heterocycles. The molecule has 1 fully saturated rings. The van der Waals surface area contributed by atoms with Crippen molar-refractivity contribution in [1.29, 1.82) is 0 Å². The highest BCUT2D eigenvalue weighted by Gasteiger charge is 2.33. The number of likely N-dealkylation sites (N-methyl/N-ethyl adjacent to an activating group) is 1. The van der Waals surface area contributed by atoms with Crippen LogP contribution in [0, 0.1) is 5.92 Å². The lowest BCUT2D eigenvalue weighted by Gasteiger charge is -2.18. The van der Waals surface area contributed by atoms with Crippen molar-refractivity contribution in [3.8, 4) is 22.5 Å². The number of hydrogen-bond donors (Lipinski definition) is 2. The average Bonchev–Trinajstić information content (AvgIpc) is 3.62. The number of pyridine rings is 1. The zero-order valence-electron chi connectivity index (χ0n) is 25.6. The average molecular weight is 601 g/mol. The molecule has 2 atom stereocenters. The number of nitrogens with zero attached hydrogens (tertiary/aromatic N) is 6. The van der Waals surface area contributed by atoms with Gasteiger partial charge in [0.1, 0.15) is 5.69 Å². The predicted molar refractivity (Wildman–Crippen MR) is 177 cm³/mol. The summed E-state index contributed by atoms with van der Waals surface area (Å²) >= 11 is 0. The first kappa shape index (κ1) is 29.7. The first-order chi connectivity index (χ1) is 21.9. The molecular weight excluding hydrogens is 564 g/mol. The molecule has 5 aromatic rings. The topological polar surface area (TPSA) is 108 Å². The minimum absolute atomic E-state index is 0.0192. The van der Waals surface area contributed by atoms with E-state index in [0.717, 1.165) is 28.0 Å². The van der Waals surface area contributed by atoms with E-state index in [-0.39, 0.29) is 23.8 Å². The third-order valence-corrected chi connectivity index (χ3v) is 7.85. The van der Waals surface area contributed by atoms with Gasteiger partial charge in [-0.05, 0) is 62.5 Å². The number of rotatable bonds is 9. The molecule has 0 spiro atoms. The van der Waals surface area contributed by atoms with E-state index < -0.39 is 0 Å². The molecular formula is C35H36N8O2. The molecule has 1 aliphatic rings. The molecule has 10 heteroatoms. The lowest BCUT2D eigenvalue weighted by Crippen LogP contribution is -2.32. The summed E-state index contributed by atoms with van der Waals surface area (Å²) in [6.07, 6.45) is 7.01. The van der Waals surface area contributed by atoms with E-state index in [4.69, 9.17) is 10.1 Å². The van der Waals surface area contributed by atoms with Crippen molar-refractivity contribution in [2.75, 3.05) is 44.4 Å². The van der Waals surface area contributed by atoms with Gasteiger partial charge in [-0.3, -0.25) is 9.59 Å². The molecule has 10 nitrogen and oxygen atoms in total. The Bertz CT molecular complexity index is 1830. The van der Waals surface area contributed by atoms with Crippen molar-refractivity contribution >= 4 is 29.0 Å². The van der Waals surface area contributed by atoms with Crippen LogP contribution in [0.5, 0.6) is 0 Å². The summed E-state index contributed by atoms with van der Waals surface area (Å²) in [7, 11) is 3.88. The zero-order chi connectivity index (χ0) is 31.3. The molecule has 0 aliphatic carbocycles. The van der Waals surface area contributed by atoms with Crippen LogP contribution in [0.3, 0.4) is 0 Å². The molecule has 1 saturated heterocycles. The largest absolute Gasteiger partial charge is 0.349 e. The molecule has 3 aromatic heterocycles. The second-order valence-corrected chi connectivity index (χ2v) is 11.6. The van der Waals surface area contributed by atoms with Crippen molar-refractivity contribution in [2.24, 2.45) is 5.92 Å². The number of carbonyl (C=O) groups excluding carboxylic acids is 2. The highest BCUT2D eigenvalue weighted by atomic mass is 16.2. The number of amides is 2. The van der Waals surface area contributed by atoms with Gasteiger partial charge in [-0.25, -0.2) is 14.5 Å². The summed E-state index contributed by atoms with van der Waals surface area (Å²) in [5.41, 5.74) is 5.74. The maximum absolute atomic E-state index is 13.4. The van der Waals surface area contributed by atoms with Gasteiger partial charge in [0.15, 0.2) is 0 Å². The monoisotopic (exact) mass is 600 g/mol. The molecule has 2 N–H and O–H groups in total. The molecule has 1 aliphatic heterocycles. The summed E-state index contributed by atoms with van der Waals surface area (Å²) in [5.74, 6) is 0.434. The smallest absolute Gasteiger partial charge is 0.253 e. The molecule has 228 valence electrons. The second kappa shape index (κ2) is 13.1. The standard InChI is InChI=1S/C35H36N8O2/c1-24-22-42(34(45)26-14-16-27(17-15-26)37-31(44)13-9-20-41(2)3)23-29(24)39-35-36-19-18-28(38-35)32-30-12-7-8-21-43(30)40-33(32)25-10-5-4-6-11-25/h4-19,21,24,29H,20,22-23H2,1-3H3,(H,37,44)(H,36,38,39)/b13-9+/t24-,29+/m0/s1. The first-order valence-corrected chi connectivity index (χ1v) is 15.0. The second-order valence-electron chi connectivity index (χ2n) is 11.6. The Morgan fingerprint density at radius 3 is 2.53 bits per heavy atom. The number of likely N-dealkylation sites (tertiary alicyclic amines) is 1. The van der Waals surface area contributed by atoms with Crippen molar-refractivity contribution in [1.82, 2.24) is 29.4 Å². The van der Waals surface area contributed by atoms with Gasteiger partial charge >= 0.3 is 0 Å². The summed E-state index contributed by atoms with van der Waals surface area (Å²) in [6.45, 7) is 3.93. The van der Waals surface area contributed by atoms with Gasteiger partial charge < -0.3 is 20.4 Å². The van der Waals surface area contributed by atoms with Gasteiger partial charge in [0.25, 0.3) is 5.91 Å². The number of anilines is 2. The van der Waals surface area contributed by atoms with Crippen LogP contribution >= 0.6 is 0 Å². The van der Waals surface area contributed by atoms with Crippen molar-refractivity contribution < 1.29 is 9.59 Å². The summed E-state index contributed by atoms with van der Waals surface area (Å²) in [6, 6.07) is 25.0. The Morgan fingerprint density at radius 2 is 1.76 bits per heavy atom. The van der Waals surface area contributed by atoms with Gasteiger partial charge in [-0.2, -0.15) is 5.10 Å². The Kier molecular flexibility index (Phi) is 8.65. The quantitative estimate of drug-likeness (QED) is 0.227. The lowest BCUT2D eigenvalue weighted by atomic mass is 10.0. The maximum atomic E-state index is 13.4. The lowest BCUT2D eigenvalue weighted by molar-refractivity contribution is -0.111. The van der Waals surface area contributed by atoms with Crippen molar-refractivity contribution in [2.45, 2.75) is 13.0 Å². The summed E-state index contributed by atoms with van der Waals surface area (Å²) in [4.78, 5) is 38.8. The SMILES string of the molecule is C[C@H]1CN(C(=O)c2ccc(NC(=O)/C=C/CN(C)C)cc2)C[C@H]1Nc1nccc(-c2c(-c3ccccc3)nn3ccccc23)n1. The molecule has 0 saturated carbocycles. The van der Waals surface area contributed by atoms with Crippen molar-refractivity contribution in [3.63, 3.8) is 0 Å². The minimum atomic E-state index is -0.206. The minimum Gasteiger partial charge on any atom is -0.349 e. The van der Waals surface area contributed by atoms with Crippen LogP contribution in [0.2, 0.25) is 0 Å². The number of carbonyl (C=O) groups is 2. The van der Waals surface area contributed by atoms with Crippen LogP contribution in [0.1, 0.15) is 17.3 Å². The summed E-state index contributed by atoms with van der Waals surface area (Å²) < 4.78 is 1.87. The normalized spacial score (nSPS) is 16.5. The van der Waals surface area contributed by atoms with Crippen LogP contribution in [-0.4, -0.2) is 81.0 Å². The number of nitrogens with one attached hydrogen (secondary N) is 2. The van der Waals surface area contributed by atoms with Crippen LogP contribution in [-0.2, 0) is 4.79 Å². The first-order valence-electron chi connectivity index (χ1n) is 15.0. The van der Waals surface area contributed by atoms with E-state index in [2.05, 4.69) is 22.5 Å². The molecule has 2 amide bonds. The van der Waals surface area contributed by atoms with E-state index in [1.165, 1.54) is 6.08 Å². The fraction of sp³-hybridized carbons (Fsp3) is 0.229. The zero-order valence-corrected chi connectivity index (χ0v) is 25.6. The third-order valence-electron chi connectivity index (χ3n) is 7.85. The molecule has 0 radical (unpaired) electrons. The number of benzene rings is 2. The van der Waals surface area contributed by atoms with Crippen LogP contribution < -0.4 is 10.6 Å². The van der Waals surface area contributed by atoms with E-state index in [9.17, 15) is 9.59 Å². The highest BCUT2D eigenvalue weighted by Crippen LogP contribution is 2.34. The summed E-state index contributed by atoms with van der Waals surface area (Å²) in [5, 5.41) is 11.2. The number of hydrogen-bond acceptors (Lipinski definition) is 7. The van der Waals surface area contributed by atoms with Gasteiger partial charge in [0.05, 0.1) is 22.8 Å². The van der Waals surface area contributed by atoms with Crippen LogP contribution in [0.4, 0.5) is 11.6 Å². The van der Waals surface area contributed by atoms with Gasteiger partial charge in [-0.1, -0.05) is 49.4 Å².